The fourth-order valence-electron chi connectivity index (χ4n) is 1.93. The Hall–Kier alpha value is -1.64. The Labute approximate surface area is 111 Å². The first-order chi connectivity index (χ1) is 8.88. The molecule has 2 rings (SSSR count). The average molecular weight is 285 g/mol. The molecule has 1 aliphatic heterocycles. The lowest BCUT2D eigenvalue weighted by molar-refractivity contribution is 0.0698. The summed E-state index contributed by atoms with van der Waals surface area (Å²) in [6.45, 7) is 0.998. The lowest BCUT2D eigenvalue weighted by Crippen LogP contribution is -2.52. The first-order valence-corrected chi connectivity index (χ1v) is 7.24. The summed E-state index contributed by atoms with van der Waals surface area (Å²) in [4.78, 5) is 13.7. The third-order valence-corrected chi connectivity index (χ3v) is 4.08. The van der Waals surface area contributed by atoms with Gasteiger partial charge in [-0.1, -0.05) is 0 Å². The predicted molar refractivity (Wildman–Crippen MR) is 68.7 cm³/mol. The normalized spacial score (nSPS) is 17.4. The molecule has 0 bridgehead atoms. The number of phenolic OH excluding ortho intramolecular Hbond substituents is 1. The number of nitrogens with two attached hydrogens (primary N) is 1. The second-order valence-corrected chi connectivity index (χ2v) is 5.83. The van der Waals surface area contributed by atoms with Crippen molar-refractivity contribution in [2.75, 3.05) is 26.2 Å². The first-order valence-electron chi connectivity index (χ1n) is 5.74. The third kappa shape index (κ3) is 3.22. The van der Waals surface area contributed by atoms with Crippen LogP contribution in [0.1, 0.15) is 10.4 Å². The van der Waals surface area contributed by atoms with Crippen molar-refractivity contribution in [1.82, 2.24) is 9.21 Å². The number of benzene rings is 1. The van der Waals surface area contributed by atoms with Gasteiger partial charge < -0.3 is 10.0 Å². The minimum absolute atomic E-state index is 0.0931. The van der Waals surface area contributed by atoms with Crippen LogP contribution >= 0.6 is 0 Å². The summed E-state index contributed by atoms with van der Waals surface area (Å²) in [7, 11) is -3.68. The monoisotopic (exact) mass is 285 g/mol. The van der Waals surface area contributed by atoms with Crippen LogP contribution in [0.3, 0.4) is 0 Å². The van der Waals surface area contributed by atoms with Crippen molar-refractivity contribution in [2.24, 2.45) is 5.14 Å². The van der Waals surface area contributed by atoms with E-state index < -0.39 is 10.2 Å². The van der Waals surface area contributed by atoms with Crippen molar-refractivity contribution in [3.05, 3.63) is 29.8 Å². The second kappa shape index (κ2) is 5.16. The summed E-state index contributed by atoms with van der Waals surface area (Å²) in [5.41, 5.74) is 0.460. The molecule has 7 nitrogen and oxygen atoms in total. The van der Waals surface area contributed by atoms with Crippen molar-refractivity contribution in [2.45, 2.75) is 0 Å². The van der Waals surface area contributed by atoms with Crippen LogP contribution in [0.15, 0.2) is 24.3 Å². The van der Waals surface area contributed by atoms with E-state index in [2.05, 4.69) is 0 Å². The van der Waals surface area contributed by atoms with Gasteiger partial charge in [-0.3, -0.25) is 4.79 Å². The molecule has 0 spiro atoms. The van der Waals surface area contributed by atoms with Gasteiger partial charge in [0.25, 0.3) is 16.1 Å². The quantitative estimate of drug-likeness (QED) is 0.753. The first kappa shape index (κ1) is 13.8. The molecule has 1 heterocycles. The van der Waals surface area contributed by atoms with Gasteiger partial charge in [-0.25, -0.2) is 5.14 Å². The van der Waals surface area contributed by atoms with Crippen LogP contribution in [-0.2, 0) is 10.2 Å². The SMILES string of the molecule is NS(=O)(=O)N1CCN(C(=O)c2ccc(O)cc2)CC1. The summed E-state index contributed by atoms with van der Waals surface area (Å²) >= 11 is 0. The van der Waals surface area contributed by atoms with Crippen molar-refractivity contribution >= 4 is 16.1 Å². The third-order valence-electron chi connectivity index (χ3n) is 3.00. The Morgan fingerprint density at radius 1 is 1.11 bits per heavy atom. The zero-order valence-corrected chi connectivity index (χ0v) is 11.0. The van der Waals surface area contributed by atoms with Crippen LogP contribution in [0.2, 0.25) is 0 Å². The van der Waals surface area contributed by atoms with Gasteiger partial charge in [0.1, 0.15) is 5.75 Å². The summed E-state index contributed by atoms with van der Waals surface area (Å²) in [5.74, 6) is -0.0929. The number of rotatable bonds is 2. The standard InChI is InChI=1S/C11H15N3O4S/c12-19(17,18)14-7-5-13(6-8-14)11(16)9-1-3-10(15)4-2-9/h1-4,15H,5-8H2,(H2,12,17,18). The molecule has 1 saturated heterocycles. The summed E-state index contributed by atoms with van der Waals surface area (Å²) < 4.78 is 23.4. The van der Waals surface area contributed by atoms with Crippen molar-refractivity contribution < 1.29 is 18.3 Å². The molecule has 1 fully saturated rings. The highest BCUT2D eigenvalue weighted by Crippen LogP contribution is 2.13. The van der Waals surface area contributed by atoms with Crippen LogP contribution < -0.4 is 5.14 Å². The maximum absolute atomic E-state index is 12.1. The fraction of sp³-hybridized carbons (Fsp3) is 0.364. The van der Waals surface area contributed by atoms with Gasteiger partial charge in [-0.05, 0) is 24.3 Å². The number of hydrogen-bond acceptors (Lipinski definition) is 4. The fourth-order valence-corrected chi connectivity index (χ4v) is 2.60. The second-order valence-electron chi connectivity index (χ2n) is 4.28. The molecule has 8 heteroatoms. The van der Waals surface area contributed by atoms with Gasteiger partial charge in [-0.15, -0.1) is 0 Å². The van der Waals surface area contributed by atoms with Gasteiger partial charge in [0.05, 0.1) is 0 Å². The van der Waals surface area contributed by atoms with E-state index in [1.807, 2.05) is 0 Å². The van der Waals surface area contributed by atoms with E-state index in [1.165, 1.54) is 24.3 Å². The summed E-state index contributed by atoms with van der Waals surface area (Å²) in [6, 6.07) is 5.94. The number of hydrogen-bond donors (Lipinski definition) is 2. The highest BCUT2D eigenvalue weighted by molar-refractivity contribution is 7.86. The average Bonchev–Trinajstić information content (AvgIpc) is 2.38. The van der Waals surface area contributed by atoms with E-state index in [0.717, 1.165) is 4.31 Å². The minimum atomic E-state index is -3.68. The highest BCUT2D eigenvalue weighted by atomic mass is 32.2. The van der Waals surface area contributed by atoms with E-state index in [1.54, 1.807) is 4.90 Å². The number of piperazine rings is 1. The molecular formula is C11H15N3O4S. The molecule has 3 N–H and O–H groups in total. The molecule has 1 aromatic carbocycles. The maximum atomic E-state index is 12.1. The zero-order valence-electron chi connectivity index (χ0n) is 10.2. The Balaban J connectivity index is 2.02. The highest BCUT2D eigenvalue weighted by Gasteiger charge is 2.26. The van der Waals surface area contributed by atoms with E-state index in [-0.39, 0.29) is 24.7 Å². The van der Waals surface area contributed by atoms with Gasteiger partial charge in [0, 0.05) is 31.7 Å². The maximum Gasteiger partial charge on any atom is 0.277 e. The smallest absolute Gasteiger partial charge is 0.277 e. The number of amides is 1. The van der Waals surface area contributed by atoms with Gasteiger partial charge >= 0.3 is 0 Å². The van der Waals surface area contributed by atoms with Gasteiger partial charge in [0.2, 0.25) is 0 Å². The number of carbonyl (C=O) groups excluding carboxylic acids is 1. The van der Waals surface area contributed by atoms with Crippen LogP contribution in [0.25, 0.3) is 0 Å². The van der Waals surface area contributed by atoms with Crippen LogP contribution in [0, 0.1) is 0 Å². The predicted octanol–water partition coefficient (Wildman–Crippen LogP) is -0.646. The van der Waals surface area contributed by atoms with E-state index in [0.29, 0.717) is 18.7 Å². The Morgan fingerprint density at radius 2 is 1.63 bits per heavy atom. The molecule has 104 valence electrons. The molecular weight excluding hydrogens is 270 g/mol. The number of carbonyl (C=O) groups is 1. The van der Waals surface area contributed by atoms with Crippen molar-refractivity contribution in [1.29, 1.82) is 0 Å². The Bertz CT molecular complexity index is 562. The topological polar surface area (TPSA) is 104 Å². The van der Waals surface area contributed by atoms with E-state index >= 15 is 0 Å². The molecule has 1 aliphatic rings. The van der Waals surface area contributed by atoms with Crippen molar-refractivity contribution in [3.8, 4) is 5.75 Å². The molecule has 0 unspecified atom stereocenters. The Kier molecular flexibility index (Phi) is 3.74. The van der Waals surface area contributed by atoms with E-state index in [9.17, 15) is 13.2 Å². The molecule has 0 radical (unpaired) electrons. The van der Waals surface area contributed by atoms with Crippen LogP contribution in [0.5, 0.6) is 5.75 Å². The van der Waals surface area contributed by atoms with Crippen molar-refractivity contribution in [3.63, 3.8) is 0 Å². The lowest BCUT2D eigenvalue weighted by atomic mass is 10.2. The minimum Gasteiger partial charge on any atom is -0.508 e. The molecule has 0 atom stereocenters. The molecule has 19 heavy (non-hydrogen) atoms. The van der Waals surface area contributed by atoms with Crippen LogP contribution in [-0.4, -0.2) is 54.8 Å². The van der Waals surface area contributed by atoms with Crippen LogP contribution in [0.4, 0.5) is 0 Å². The summed E-state index contributed by atoms with van der Waals surface area (Å²) in [5, 5.41) is 14.2. The lowest BCUT2D eigenvalue weighted by Gasteiger charge is -2.32. The zero-order chi connectivity index (χ0) is 14.0. The Morgan fingerprint density at radius 3 is 2.11 bits per heavy atom. The van der Waals surface area contributed by atoms with Gasteiger partial charge in [0.15, 0.2) is 0 Å². The van der Waals surface area contributed by atoms with E-state index in [4.69, 9.17) is 10.2 Å². The molecule has 0 saturated carbocycles. The molecule has 0 aromatic heterocycles. The molecule has 0 aliphatic carbocycles. The number of nitrogens with zero attached hydrogens (tertiary/aromatic N) is 2. The van der Waals surface area contributed by atoms with Gasteiger partial charge in [-0.2, -0.15) is 12.7 Å². The summed E-state index contributed by atoms with van der Waals surface area (Å²) in [6.07, 6.45) is 0. The molecule has 1 amide bonds. The largest absolute Gasteiger partial charge is 0.508 e. The number of phenols is 1. The molecule has 1 aromatic rings. The number of aromatic hydroxyl groups is 1.